The first kappa shape index (κ1) is 18.7. The molecule has 0 bridgehead atoms. The number of nitriles is 1. The van der Waals surface area contributed by atoms with Crippen molar-refractivity contribution in [1.82, 2.24) is 9.13 Å². The zero-order chi connectivity index (χ0) is 20.7. The lowest BCUT2D eigenvalue weighted by Crippen LogP contribution is -2.32. The molecule has 1 aromatic carbocycles. The third kappa shape index (κ3) is 3.23. The predicted octanol–water partition coefficient (Wildman–Crippen LogP) is 2.49. The Morgan fingerprint density at radius 3 is 2.93 bits per heavy atom. The Morgan fingerprint density at radius 2 is 2.21 bits per heavy atom. The number of aryl methyl sites for hydroxylation is 1. The van der Waals surface area contributed by atoms with Crippen LogP contribution in [0.3, 0.4) is 0 Å². The van der Waals surface area contributed by atoms with E-state index in [0.717, 1.165) is 17.0 Å². The molecule has 0 fully saturated rings. The van der Waals surface area contributed by atoms with E-state index in [1.165, 1.54) is 0 Å². The molecule has 2 aliphatic rings. The van der Waals surface area contributed by atoms with Gasteiger partial charge in [0.15, 0.2) is 17.8 Å². The Balaban J connectivity index is 1.62. The van der Waals surface area contributed by atoms with Crippen molar-refractivity contribution in [3.8, 4) is 17.6 Å². The molecule has 2 aliphatic heterocycles. The molecule has 0 aliphatic carbocycles. The Kier molecular flexibility index (Phi) is 4.54. The molecule has 0 saturated heterocycles. The van der Waals surface area contributed by atoms with Gasteiger partial charge < -0.3 is 20.1 Å². The number of imidazole rings is 1. The van der Waals surface area contributed by atoms with E-state index in [0.29, 0.717) is 29.3 Å². The summed E-state index contributed by atoms with van der Waals surface area (Å²) in [6, 6.07) is 5.61. The van der Waals surface area contributed by atoms with Crippen molar-refractivity contribution >= 4 is 17.7 Å². The van der Waals surface area contributed by atoms with Crippen LogP contribution in [0.15, 0.2) is 34.1 Å². The number of allylic oxidation sites excluding steroid dienone is 1. The maximum atomic E-state index is 12.8. The molecule has 0 amide bonds. The molecular formula is C20H22N6O3. The van der Waals surface area contributed by atoms with Gasteiger partial charge in [-0.15, -0.1) is 0 Å². The van der Waals surface area contributed by atoms with Crippen molar-refractivity contribution in [2.24, 2.45) is 12.0 Å². The molecule has 9 heteroatoms. The molecule has 0 spiro atoms. The fourth-order valence-electron chi connectivity index (χ4n) is 3.57. The molecule has 1 aromatic heterocycles. The molecule has 2 unspecified atom stereocenters. The number of hydrogen-bond acceptors (Lipinski definition) is 7. The van der Waals surface area contributed by atoms with E-state index >= 15 is 0 Å². The van der Waals surface area contributed by atoms with Gasteiger partial charge in [-0.2, -0.15) is 5.26 Å². The molecule has 0 radical (unpaired) electrons. The number of fused-ring (bicyclic) bond motifs is 2. The van der Waals surface area contributed by atoms with Gasteiger partial charge in [-0.3, -0.25) is 9.13 Å². The third-order valence-corrected chi connectivity index (χ3v) is 5.11. The Morgan fingerprint density at radius 1 is 1.48 bits per heavy atom. The number of ether oxygens (including phenoxy) is 2. The quantitative estimate of drug-likeness (QED) is 0.755. The fourth-order valence-corrected chi connectivity index (χ4v) is 3.57. The lowest BCUT2D eigenvalue weighted by molar-refractivity contribution is 0.174. The van der Waals surface area contributed by atoms with Gasteiger partial charge in [0.05, 0.1) is 12.3 Å². The number of aliphatic imine (C=N–C) groups is 1. The highest BCUT2D eigenvalue weighted by Gasteiger charge is 2.26. The Labute approximate surface area is 167 Å². The average molecular weight is 394 g/mol. The van der Waals surface area contributed by atoms with Crippen LogP contribution in [0.2, 0.25) is 0 Å². The number of benzene rings is 1. The molecule has 29 heavy (non-hydrogen) atoms. The maximum absolute atomic E-state index is 12.8. The minimum absolute atomic E-state index is 0.174. The molecular weight excluding hydrogens is 372 g/mol. The van der Waals surface area contributed by atoms with Crippen LogP contribution < -0.4 is 25.8 Å². The van der Waals surface area contributed by atoms with Crippen LogP contribution in [0.5, 0.6) is 11.5 Å². The van der Waals surface area contributed by atoms with Crippen LogP contribution >= 0.6 is 0 Å². The second kappa shape index (κ2) is 7.05. The van der Waals surface area contributed by atoms with E-state index in [2.05, 4.69) is 22.2 Å². The standard InChI is InChI=1S/C20H22N6O3/c1-11(8-21)5-13(3)26-18-15(25(4)20(26)27)9-22-19(24-18)23-14-7-17-16(6-12(14)2)28-10-29-17/h6-7,9,13,19,23-24H,1,5,10H2,2-4H3. The summed E-state index contributed by atoms with van der Waals surface area (Å²) in [7, 11) is 1.70. The largest absolute Gasteiger partial charge is 0.454 e. The van der Waals surface area contributed by atoms with Gasteiger partial charge in [0.2, 0.25) is 6.79 Å². The van der Waals surface area contributed by atoms with Gasteiger partial charge in [0, 0.05) is 36.8 Å². The molecule has 0 saturated carbocycles. The van der Waals surface area contributed by atoms with E-state index < -0.39 is 6.29 Å². The first-order chi connectivity index (χ1) is 13.9. The zero-order valence-corrected chi connectivity index (χ0v) is 16.5. The smallest absolute Gasteiger partial charge is 0.330 e. The molecule has 150 valence electrons. The maximum Gasteiger partial charge on any atom is 0.330 e. The minimum Gasteiger partial charge on any atom is -0.454 e. The van der Waals surface area contributed by atoms with Crippen LogP contribution in [0.1, 0.15) is 30.6 Å². The van der Waals surface area contributed by atoms with Crippen molar-refractivity contribution in [3.05, 3.63) is 46.0 Å². The summed E-state index contributed by atoms with van der Waals surface area (Å²) in [4.78, 5) is 17.3. The van der Waals surface area contributed by atoms with Gasteiger partial charge >= 0.3 is 5.69 Å². The van der Waals surface area contributed by atoms with Gasteiger partial charge in [-0.1, -0.05) is 6.58 Å². The topological polar surface area (TPSA) is 106 Å². The van der Waals surface area contributed by atoms with Gasteiger partial charge in [0.25, 0.3) is 0 Å². The van der Waals surface area contributed by atoms with E-state index in [4.69, 9.17) is 14.7 Å². The highest BCUT2D eigenvalue weighted by Crippen LogP contribution is 2.37. The molecule has 4 rings (SSSR count). The van der Waals surface area contributed by atoms with Crippen LogP contribution in [-0.2, 0) is 7.05 Å². The molecule has 2 aromatic rings. The molecule has 3 heterocycles. The number of aromatic nitrogens is 2. The summed E-state index contributed by atoms with van der Waals surface area (Å²) < 4.78 is 14.0. The van der Waals surface area contributed by atoms with E-state index in [-0.39, 0.29) is 18.5 Å². The third-order valence-electron chi connectivity index (χ3n) is 5.11. The normalized spacial score (nSPS) is 17.2. The summed E-state index contributed by atoms with van der Waals surface area (Å²) in [5.74, 6) is 2.05. The second-order valence-electron chi connectivity index (χ2n) is 7.20. The SMILES string of the molecule is C=C(C#N)CC(C)n1c2c(n(C)c1=O)C=NC(Nc1cc3c(cc1C)OCO3)N2. The van der Waals surface area contributed by atoms with E-state index in [1.54, 1.807) is 22.4 Å². The van der Waals surface area contributed by atoms with Crippen molar-refractivity contribution in [1.29, 1.82) is 5.26 Å². The van der Waals surface area contributed by atoms with Gasteiger partial charge in [-0.05, 0) is 25.5 Å². The van der Waals surface area contributed by atoms with E-state index in [1.807, 2.05) is 32.0 Å². The monoisotopic (exact) mass is 394 g/mol. The van der Waals surface area contributed by atoms with Gasteiger partial charge in [-0.25, -0.2) is 9.79 Å². The van der Waals surface area contributed by atoms with Crippen molar-refractivity contribution in [2.75, 3.05) is 17.4 Å². The summed E-state index contributed by atoms with van der Waals surface area (Å²) >= 11 is 0. The number of nitrogens with zero attached hydrogens (tertiary/aromatic N) is 4. The van der Waals surface area contributed by atoms with Gasteiger partial charge in [0.1, 0.15) is 11.5 Å². The van der Waals surface area contributed by atoms with Crippen LogP contribution in [0, 0.1) is 18.3 Å². The molecule has 2 atom stereocenters. The second-order valence-corrected chi connectivity index (χ2v) is 7.20. The lowest BCUT2D eigenvalue weighted by atomic mass is 10.1. The number of rotatable bonds is 5. The first-order valence-electron chi connectivity index (χ1n) is 9.24. The molecule has 9 nitrogen and oxygen atoms in total. The Bertz CT molecular complexity index is 1120. The highest BCUT2D eigenvalue weighted by molar-refractivity contribution is 5.87. The van der Waals surface area contributed by atoms with Crippen molar-refractivity contribution in [3.63, 3.8) is 0 Å². The van der Waals surface area contributed by atoms with Crippen LogP contribution in [-0.4, -0.2) is 28.4 Å². The lowest BCUT2D eigenvalue weighted by Gasteiger charge is -2.25. The highest BCUT2D eigenvalue weighted by atomic mass is 16.7. The molecule has 2 N–H and O–H groups in total. The first-order valence-corrected chi connectivity index (χ1v) is 9.24. The van der Waals surface area contributed by atoms with Crippen molar-refractivity contribution < 1.29 is 9.47 Å². The number of anilines is 2. The number of hydrogen-bond donors (Lipinski definition) is 2. The Hall–Kier alpha value is -3.67. The summed E-state index contributed by atoms with van der Waals surface area (Å²) in [6.07, 6.45) is 1.60. The average Bonchev–Trinajstić information content (AvgIpc) is 3.24. The fraction of sp³-hybridized carbons (Fsp3) is 0.350. The number of nitrogens with one attached hydrogen (secondary N) is 2. The van der Waals surface area contributed by atoms with Crippen LogP contribution in [0.25, 0.3) is 0 Å². The predicted molar refractivity (Wildman–Crippen MR) is 110 cm³/mol. The van der Waals surface area contributed by atoms with E-state index in [9.17, 15) is 4.79 Å². The van der Waals surface area contributed by atoms with Crippen LogP contribution in [0.4, 0.5) is 11.5 Å². The minimum atomic E-state index is -0.471. The zero-order valence-electron chi connectivity index (χ0n) is 16.5. The van der Waals surface area contributed by atoms with Crippen molar-refractivity contribution in [2.45, 2.75) is 32.6 Å². The summed E-state index contributed by atoms with van der Waals surface area (Å²) in [6.45, 7) is 7.80. The summed E-state index contributed by atoms with van der Waals surface area (Å²) in [5, 5.41) is 15.7. The summed E-state index contributed by atoms with van der Waals surface area (Å²) in [5.41, 5.74) is 2.78.